The lowest BCUT2D eigenvalue weighted by atomic mass is 9.80. The van der Waals surface area contributed by atoms with E-state index in [-0.39, 0.29) is 6.61 Å². The van der Waals surface area contributed by atoms with E-state index in [2.05, 4.69) is 12.1 Å². The van der Waals surface area contributed by atoms with Crippen molar-refractivity contribution < 1.29 is 9.84 Å². The number of rotatable bonds is 4. The highest BCUT2D eigenvalue weighted by atomic mass is 16.5. The van der Waals surface area contributed by atoms with Gasteiger partial charge >= 0.3 is 0 Å². The van der Waals surface area contributed by atoms with Gasteiger partial charge in [-0.15, -0.1) is 0 Å². The summed E-state index contributed by atoms with van der Waals surface area (Å²) in [5.74, 6) is 1.23. The second-order valence-corrected chi connectivity index (χ2v) is 6.11. The van der Waals surface area contributed by atoms with Gasteiger partial charge in [0.2, 0.25) is 0 Å². The predicted octanol–water partition coefficient (Wildman–Crippen LogP) is 3.65. The predicted molar refractivity (Wildman–Crippen MR) is 84.2 cm³/mol. The van der Waals surface area contributed by atoms with E-state index in [0.717, 1.165) is 23.1 Å². The number of aliphatic hydroxyl groups is 1. The molecule has 0 amide bonds. The molecule has 3 heteroatoms. The van der Waals surface area contributed by atoms with Crippen LogP contribution >= 0.6 is 0 Å². The molecule has 112 valence electrons. The summed E-state index contributed by atoms with van der Waals surface area (Å²) in [6, 6.07) is 10.3. The Morgan fingerprint density at radius 1 is 1.24 bits per heavy atom. The van der Waals surface area contributed by atoms with Crippen LogP contribution in [-0.2, 0) is 11.3 Å². The van der Waals surface area contributed by atoms with Crippen LogP contribution in [0.2, 0.25) is 0 Å². The van der Waals surface area contributed by atoms with Crippen molar-refractivity contribution in [2.45, 2.75) is 38.2 Å². The molecule has 3 rings (SSSR count). The van der Waals surface area contributed by atoms with Gasteiger partial charge in [0.25, 0.3) is 0 Å². The number of nitrogens with zero attached hydrogens (tertiary/aromatic N) is 1. The van der Waals surface area contributed by atoms with Crippen molar-refractivity contribution in [3.63, 3.8) is 0 Å². The van der Waals surface area contributed by atoms with Gasteiger partial charge in [-0.1, -0.05) is 18.6 Å². The Kier molecular flexibility index (Phi) is 4.51. The molecule has 0 saturated heterocycles. The Morgan fingerprint density at radius 3 is 2.95 bits per heavy atom. The van der Waals surface area contributed by atoms with Crippen LogP contribution in [0.15, 0.2) is 30.3 Å². The first-order valence-corrected chi connectivity index (χ1v) is 7.79. The largest absolute Gasteiger partial charge is 0.392 e. The van der Waals surface area contributed by atoms with E-state index < -0.39 is 0 Å². The molecule has 1 fully saturated rings. The molecule has 1 N–H and O–H groups in total. The molecule has 2 aromatic rings. The molecule has 1 aromatic heterocycles. The molecule has 1 saturated carbocycles. The Hall–Kier alpha value is -1.45. The van der Waals surface area contributed by atoms with Gasteiger partial charge in [-0.3, -0.25) is 4.98 Å². The fraction of sp³-hybridized carbons (Fsp3) is 0.500. The van der Waals surface area contributed by atoms with E-state index in [1.807, 2.05) is 18.2 Å². The first-order chi connectivity index (χ1) is 10.3. The van der Waals surface area contributed by atoms with Crippen molar-refractivity contribution in [1.82, 2.24) is 4.98 Å². The highest BCUT2D eigenvalue weighted by molar-refractivity contribution is 5.79. The van der Waals surface area contributed by atoms with Crippen LogP contribution in [0.25, 0.3) is 10.9 Å². The number of aromatic nitrogens is 1. The van der Waals surface area contributed by atoms with E-state index >= 15 is 0 Å². The third-order valence-electron chi connectivity index (χ3n) is 4.56. The Morgan fingerprint density at radius 2 is 2.14 bits per heavy atom. The van der Waals surface area contributed by atoms with Crippen LogP contribution in [-0.4, -0.2) is 23.8 Å². The summed E-state index contributed by atoms with van der Waals surface area (Å²) in [7, 11) is 1.79. The maximum absolute atomic E-state index is 9.20. The fourth-order valence-corrected chi connectivity index (χ4v) is 3.46. The average molecular weight is 285 g/mol. The monoisotopic (exact) mass is 285 g/mol. The minimum absolute atomic E-state index is 0.0824. The Balaban J connectivity index is 1.83. The molecule has 1 aromatic carbocycles. The first-order valence-electron chi connectivity index (χ1n) is 7.79. The molecule has 3 nitrogen and oxygen atoms in total. The van der Waals surface area contributed by atoms with Gasteiger partial charge in [0.1, 0.15) is 0 Å². The molecular formula is C18H23NO2. The second kappa shape index (κ2) is 6.54. The SMILES string of the molecule is COC[C@H]1CCC[C@@H](c2ccc3cc(CO)ccc3n2)C1. The van der Waals surface area contributed by atoms with Gasteiger partial charge < -0.3 is 9.84 Å². The van der Waals surface area contributed by atoms with Crippen LogP contribution in [0, 0.1) is 5.92 Å². The van der Waals surface area contributed by atoms with Gasteiger partial charge in [-0.2, -0.15) is 0 Å². The number of aliphatic hydroxyl groups excluding tert-OH is 1. The summed E-state index contributed by atoms with van der Waals surface area (Å²) in [6.45, 7) is 0.947. The lowest BCUT2D eigenvalue weighted by Crippen LogP contribution is -2.18. The van der Waals surface area contributed by atoms with Crippen molar-refractivity contribution in [3.8, 4) is 0 Å². The maximum atomic E-state index is 9.20. The van der Waals surface area contributed by atoms with E-state index in [0.29, 0.717) is 11.8 Å². The van der Waals surface area contributed by atoms with Gasteiger partial charge in [-0.25, -0.2) is 0 Å². The van der Waals surface area contributed by atoms with Gasteiger partial charge in [0.15, 0.2) is 0 Å². The molecule has 0 bridgehead atoms. The number of ether oxygens (including phenoxy) is 1. The normalized spacial score (nSPS) is 22.6. The van der Waals surface area contributed by atoms with Crippen LogP contribution in [0.4, 0.5) is 0 Å². The highest BCUT2D eigenvalue weighted by Gasteiger charge is 2.24. The zero-order valence-corrected chi connectivity index (χ0v) is 12.6. The van der Waals surface area contributed by atoms with Gasteiger partial charge in [0.05, 0.1) is 12.1 Å². The summed E-state index contributed by atoms with van der Waals surface area (Å²) in [6.07, 6.45) is 4.95. The molecule has 1 aliphatic carbocycles. The molecule has 0 spiro atoms. The maximum Gasteiger partial charge on any atom is 0.0705 e. The molecule has 1 heterocycles. The summed E-state index contributed by atoms with van der Waals surface area (Å²) in [4.78, 5) is 4.85. The van der Waals surface area contributed by atoms with E-state index in [4.69, 9.17) is 9.72 Å². The summed E-state index contributed by atoms with van der Waals surface area (Å²) < 4.78 is 5.32. The minimum atomic E-state index is 0.0824. The van der Waals surface area contributed by atoms with Crippen LogP contribution in [0.5, 0.6) is 0 Å². The van der Waals surface area contributed by atoms with Crippen molar-refractivity contribution in [3.05, 3.63) is 41.6 Å². The standard InChI is InChI=1S/C18H23NO2/c1-21-12-14-3-2-4-15(10-14)18-8-6-16-9-13(11-20)5-7-17(16)19-18/h5-9,14-15,20H,2-4,10-12H2,1H3/t14-,15+/m0/s1. The second-order valence-electron chi connectivity index (χ2n) is 6.11. The molecule has 21 heavy (non-hydrogen) atoms. The molecule has 2 atom stereocenters. The van der Waals surface area contributed by atoms with Gasteiger partial charge in [0, 0.05) is 30.7 Å². The topological polar surface area (TPSA) is 42.4 Å². The van der Waals surface area contributed by atoms with Crippen molar-refractivity contribution >= 4 is 10.9 Å². The lowest BCUT2D eigenvalue weighted by molar-refractivity contribution is 0.125. The third-order valence-corrected chi connectivity index (χ3v) is 4.56. The molecule has 1 aliphatic rings. The number of hydrogen-bond donors (Lipinski definition) is 1. The van der Waals surface area contributed by atoms with Crippen LogP contribution in [0.3, 0.4) is 0 Å². The fourth-order valence-electron chi connectivity index (χ4n) is 3.46. The molecule has 0 unspecified atom stereocenters. The quantitative estimate of drug-likeness (QED) is 0.932. The Labute approximate surface area is 126 Å². The van der Waals surface area contributed by atoms with E-state index in [9.17, 15) is 5.11 Å². The van der Waals surface area contributed by atoms with Crippen LogP contribution < -0.4 is 0 Å². The van der Waals surface area contributed by atoms with Crippen molar-refractivity contribution in [2.24, 2.45) is 5.92 Å². The van der Waals surface area contributed by atoms with E-state index in [1.54, 1.807) is 7.11 Å². The minimum Gasteiger partial charge on any atom is -0.392 e. The van der Waals surface area contributed by atoms with E-state index in [1.165, 1.54) is 31.4 Å². The number of fused-ring (bicyclic) bond motifs is 1. The smallest absolute Gasteiger partial charge is 0.0705 e. The number of hydrogen-bond acceptors (Lipinski definition) is 3. The van der Waals surface area contributed by atoms with Crippen molar-refractivity contribution in [1.29, 1.82) is 0 Å². The summed E-state index contributed by atoms with van der Waals surface area (Å²) in [5, 5.41) is 10.3. The lowest BCUT2D eigenvalue weighted by Gasteiger charge is -2.28. The van der Waals surface area contributed by atoms with Gasteiger partial charge in [-0.05, 0) is 48.9 Å². The zero-order chi connectivity index (χ0) is 14.7. The summed E-state index contributed by atoms with van der Waals surface area (Å²) in [5.41, 5.74) is 3.17. The highest BCUT2D eigenvalue weighted by Crippen LogP contribution is 2.36. The van der Waals surface area contributed by atoms with Crippen LogP contribution in [0.1, 0.15) is 42.9 Å². The molecular weight excluding hydrogens is 262 g/mol. The summed E-state index contributed by atoms with van der Waals surface area (Å²) >= 11 is 0. The number of methoxy groups -OCH3 is 1. The third kappa shape index (κ3) is 3.25. The van der Waals surface area contributed by atoms with Crippen molar-refractivity contribution in [2.75, 3.05) is 13.7 Å². The number of benzene rings is 1. The molecule has 0 radical (unpaired) electrons. The molecule has 0 aliphatic heterocycles. The number of pyridine rings is 1. The average Bonchev–Trinajstić information content (AvgIpc) is 2.54. The Bertz CT molecular complexity index is 609. The zero-order valence-electron chi connectivity index (χ0n) is 12.6. The first kappa shape index (κ1) is 14.5.